The minimum atomic E-state index is -1.49. The molecule has 258 valence electrons. The number of carbonyl (C=O) groups excluding carboxylic acids is 1. The second-order valence-corrected chi connectivity index (χ2v) is 11.4. The van der Waals surface area contributed by atoms with Gasteiger partial charge in [0.05, 0.1) is 27.4 Å². The molecule has 1 aliphatic heterocycles. The first kappa shape index (κ1) is 35.5. The molecule has 1 amide bonds. The van der Waals surface area contributed by atoms with Gasteiger partial charge in [-0.25, -0.2) is 10.4 Å². The van der Waals surface area contributed by atoms with Gasteiger partial charge in [-0.1, -0.05) is 77.9 Å². The molecule has 5 rings (SSSR count). The standard InChI is InChI=1S/C38H40N6O6/c1-47-32-20-17-30(34(24-32)48-2)26-40-43-37(46)38(21-8-12-27-10-4-3-5-11-27)35(33-14-7-6-13-29(33)25-41-44-39)50-36(42-38)28-15-18-31(19-16-28)49-23-9-22-45/h3-8,10-20,24,35,40,45H,9,21-23,25-26H2,1-2H3,(H,43,46)/b12-8+/t35-,38-/m0/s1. The van der Waals surface area contributed by atoms with Crippen molar-refractivity contribution in [1.82, 2.24) is 10.9 Å². The molecular formula is C38H40N6O6. The van der Waals surface area contributed by atoms with Crippen LogP contribution in [-0.4, -0.2) is 49.9 Å². The zero-order valence-corrected chi connectivity index (χ0v) is 28.0. The Kier molecular flexibility index (Phi) is 12.5. The Balaban J connectivity index is 1.53. The number of methoxy groups -OCH3 is 2. The summed E-state index contributed by atoms with van der Waals surface area (Å²) in [6.45, 7) is 0.733. The van der Waals surface area contributed by atoms with Crippen molar-refractivity contribution in [3.05, 3.63) is 141 Å². The minimum Gasteiger partial charge on any atom is -0.497 e. The predicted octanol–water partition coefficient (Wildman–Crippen LogP) is 6.46. The van der Waals surface area contributed by atoms with Crippen LogP contribution in [0.1, 0.15) is 46.8 Å². The van der Waals surface area contributed by atoms with Crippen molar-refractivity contribution in [3.63, 3.8) is 0 Å². The molecule has 0 unspecified atom stereocenters. The average molecular weight is 677 g/mol. The zero-order valence-electron chi connectivity index (χ0n) is 28.0. The molecular weight excluding hydrogens is 636 g/mol. The van der Waals surface area contributed by atoms with Gasteiger partial charge in [-0.15, -0.1) is 0 Å². The fourth-order valence-corrected chi connectivity index (χ4v) is 5.60. The molecule has 4 aromatic carbocycles. The highest BCUT2D eigenvalue weighted by Gasteiger charge is 2.53. The molecule has 50 heavy (non-hydrogen) atoms. The van der Waals surface area contributed by atoms with Gasteiger partial charge in [0, 0.05) is 48.1 Å². The third kappa shape index (κ3) is 8.61. The lowest BCUT2D eigenvalue weighted by molar-refractivity contribution is -0.129. The van der Waals surface area contributed by atoms with E-state index in [2.05, 4.69) is 20.9 Å². The predicted molar refractivity (Wildman–Crippen MR) is 191 cm³/mol. The highest BCUT2D eigenvalue weighted by atomic mass is 16.5. The van der Waals surface area contributed by atoms with Crippen LogP contribution in [0, 0.1) is 0 Å². The van der Waals surface area contributed by atoms with Crippen LogP contribution in [0.2, 0.25) is 0 Å². The van der Waals surface area contributed by atoms with E-state index in [9.17, 15) is 4.79 Å². The number of nitrogens with zero attached hydrogens (tertiary/aromatic N) is 4. The molecule has 0 bridgehead atoms. The van der Waals surface area contributed by atoms with Crippen LogP contribution in [0.4, 0.5) is 0 Å². The number of hydrogen-bond donors (Lipinski definition) is 3. The zero-order chi connectivity index (χ0) is 35.2. The van der Waals surface area contributed by atoms with Crippen molar-refractivity contribution in [2.24, 2.45) is 10.1 Å². The number of nitrogens with one attached hydrogen (secondary N) is 2. The Labute approximate surface area is 291 Å². The quantitative estimate of drug-likeness (QED) is 0.0381. The molecule has 2 atom stereocenters. The monoisotopic (exact) mass is 676 g/mol. The number of aliphatic imine (C=N–C) groups is 1. The van der Waals surface area contributed by atoms with E-state index in [4.69, 9.17) is 34.6 Å². The van der Waals surface area contributed by atoms with Crippen LogP contribution < -0.4 is 25.1 Å². The van der Waals surface area contributed by atoms with Gasteiger partial charge in [0.25, 0.3) is 5.91 Å². The molecule has 12 heteroatoms. The Morgan fingerprint density at radius 2 is 1.76 bits per heavy atom. The van der Waals surface area contributed by atoms with E-state index in [1.807, 2.05) is 91.0 Å². The van der Waals surface area contributed by atoms with Crippen LogP contribution in [-0.2, 0) is 22.6 Å². The number of azide groups is 1. The first-order chi connectivity index (χ1) is 24.5. The SMILES string of the molecule is COc1ccc(CNNC(=O)[C@@]2(C/C=C/c3ccccc3)N=C(c3ccc(OCCCO)cc3)O[C@H]2c2ccccc2CN=[N+]=[N-])c(OC)c1. The first-order valence-electron chi connectivity index (χ1n) is 16.2. The number of ether oxygens (including phenoxy) is 4. The van der Waals surface area contributed by atoms with E-state index in [-0.39, 0.29) is 32.0 Å². The van der Waals surface area contributed by atoms with E-state index in [1.54, 1.807) is 32.4 Å². The lowest BCUT2D eigenvalue weighted by atomic mass is 9.82. The van der Waals surface area contributed by atoms with Gasteiger partial charge in [0.2, 0.25) is 5.90 Å². The number of benzene rings is 4. The molecule has 12 nitrogen and oxygen atoms in total. The van der Waals surface area contributed by atoms with Gasteiger partial charge >= 0.3 is 0 Å². The summed E-state index contributed by atoms with van der Waals surface area (Å²) in [5.74, 6) is 1.73. The van der Waals surface area contributed by atoms with Gasteiger partial charge in [-0.3, -0.25) is 10.2 Å². The maximum Gasteiger partial charge on any atom is 0.266 e. The van der Waals surface area contributed by atoms with Crippen LogP contribution in [0.15, 0.2) is 113 Å². The Morgan fingerprint density at radius 1 is 1.00 bits per heavy atom. The summed E-state index contributed by atoms with van der Waals surface area (Å²) < 4.78 is 23.2. The molecule has 1 aliphatic rings. The van der Waals surface area contributed by atoms with Crippen molar-refractivity contribution in [3.8, 4) is 17.2 Å². The average Bonchev–Trinajstić information content (AvgIpc) is 3.55. The smallest absolute Gasteiger partial charge is 0.266 e. The molecule has 4 aromatic rings. The van der Waals surface area contributed by atoms with Crippen molar-refractivity contribution >= 4 is 17.9 Å². The summed E-state index contributed by atoms with van der Waals surface area (Å²) in [6, 6.07) is 29.9. The van der Waals surface area contributed by atoms with Crippen molar-refractivity contribution in [2.75, 3.05) is 27.4 Å². The molecule has 0 radical (unpaired) electrons. The summed E-state index contributed by atoms with van der Waals surface area (Å²) in [4.78, 5) is 22.6. The number of aliphatic hydroxyl groups excluding tert-OH is 1. The molecule has 0 spiro atoms. The molecule has 0 aromatic heterocycles. The van der Waals surface area contributed by atoms with Crippen molar-refractivity contribution in [2.45, 2.75) is 37.6 Å². The number of hydrazine groups is 1. The first-order valence-corrected chi connectivity index (χ1v) is 16.2. The van der Waals surface area contributed by atoms with Gasteiger partial charge < -0.3 is 24.1 Å². The lowest BCUT2D eigenvalue weighted by Gasteiger charge is -2.31. The highest BCUT2D eigenvalue weighted by molar-refractivity contribution is 6.01. The number of amides is 1. The third-order valence-electron chi connectivity index (χ3n) is 8.19. The number of carbonyl (C=O) groups is 1. The second kappa shape index (κ2) is 17.5. The summed E-state index contributed by atoms with van der Waals surface area (Å²) in [7, 11) is 3.16. The van der Waals surface area contributed by atoms with Crippen LogP contribution in [0.3, 0.4) is 0 Å². The molecule has 3 N–H and O–H groups in total. The normalized spacial score (nSPS) is 16.6. The maximum absolute atomic E-state index is 14.6. The minimum absolute atomic E-state index is 0.0383. The highest BCUT2D eigenvalue weighted by Crippen LogP contribution is 2.44. The van der Waals surface area contributed by atoms with Crippen LogP contribution >= 0.6 is 0 Å². The second-order valence-electron chi connectivity index (χ2n) is 11.4. The fourth-order valence-electron chi connectivity index (χ4n) is 5.60. The molecule has 0 fully saturated rings. The van der Waals surface area contributed by atoms with Crippen molar-refractivity contribution in [1.29, 1.82) is 0 Å². The molecule has 1 heterocycles. The van der Waals surface area contributed by atoms with Crippen molar-refractivity contribution < 1.29 is 28.8 Å². The van der Waals surface area contributed by atoms with E-state index < -0.39 is 17.6 Å². The summed E-state index contributed by atoms with van der Waals surface area (Å²) in [6.07, 6.45) is 3.66. The molecule has 0 saturated heterocycles. The van der Waals surface area contributed by atoms with Crippen LogP contribution in [0.5, 0.6) is 17.2 Å². The van der Waals surface area contributed by atoms with E-state index in [1.165, 1.54) is 0 Å². The van der Waals surface area contributed by atoms with E-state index >= 15 is 0 Å². The Hall–Kier alpha value is -5.81. The van der Waals surface area contributed by atoms with E-state index in [0.717, 1.165) is 11.1 Å². The van der Waals surface area contributed by atoms with Gasteiger partial charge in [0.15, 0.2) is 11.6 Å². The molecule has 0 saturated carbocycles. The fraction of sp³-hybridized carbons (Fsp3) is 0.263. The van der Waals surface area contributed by atoms with Crippen LogP contribution in [0.25, 0.3) is 16.5 Å². The topological polar surface area (TPSA) is 159 Å². The Morgan fingerprint density at radius 3 is 2.50 bits per heavy atom. The third-order valence-corrected chi connectivity index (χ3v) is 8.19. The number of aliphatic hydroxyl groups is 1. The summed E-state index contributed by atoms with van der Waals surface area (Å²) in [5, 5.41) is 12.9. The summed E-state index contributed by atoms with van der Waals surface area (Å²) in [5.41, 5.74) is 17.4. The lowest BCUT2D eigenvalue weighted by Crippen LogP contribution is -2.52. The maximum atomic E-state index is 14.6. The van der Waals surface area contributed by atoms with Gasteiger partial charge in [0.1, 0.15) is 17.2 Å². The number of hydrogen-bond acceptors (Lipinski definition) is 9. The number of rotatable bonds is 17. The largest absolute Gasteiger partial charge is 0.497 e. The van der Waals surface area contributed by atoms with E-state index in [0.29, 0.717) is 47.0 Å². The summed E-state index contributed by atoms with van der Waals surface area (Å²) >= 11 is 0. The van der Waals surface area contributed by atoms with Gasteiger partial charge in [-0.05, 0) is 52.6 Å². The molecule has 0 aliphatic carbocycles. The Bertz CT molecular complexity index is 1840. The van der Waals surface area contributed by atoms with Gasteiger partial charge in [-0.2, -0.15) is 0 Å².